The second kappa shape index (κ2) is 9.05. The summed E-state index contributed by atoms with van der Waals surface area (Å²) in [4.78, 5) is 0. The van der Waals surface area contributed by atoms with E-state index in [0.29, 0.717) is 12.5 Å². The third-order valence-corrected chi connectivity index (χ3v) is 2.10. The molecule has 0 aromatic carbocycles. The van der Waals surface area contributed by atoms with E-state index in [1.54, 1.807) is 0 Å². The molecule has 0 saturated heterocycles. The molecule has 0 bridgehead atoms. The lowest BCUT2D eigenvalue weighted by atomic mass is 10.0. The van der Waals surface area contributed by atoms with Gasteiger partial charge in [0.25, 0.3) is 0 Å². The van der Waals surface area contributed by atoms with Crippen LogP contribution in [0.3, 0.4) is 0 Å². The highest BCUT2D eigenvalue weighted by atomic mass is 16.5. The first-order valence-corrected chi connectivity index (χ1v) is 5.18. The highest BCUT2D eigenvalue weighted by molar-refractivity contribution is 4.52. The quantitative estimate of drug-likeness (QED) is 0.508. The zero-order valence-electron chi connectivity index (χ0n) is 8.64. The van der Waals surface area contributed by atoms with E-state index in [2.05, 4.69) is 20.8 Å². The van der Waals surface area contributed by atoms with Crippen LogP contribution in [-0.4, -0.2) is 13.2 Å². The molecule has 0 fully saturated rings. The van der Waals surface area contributed by atoms with Crippen LogP contribution >= 0.6 is 0 Å². The van der Waals surface area contributed by atoms with Crippen LogP contribution in [0, 0.1) is 12.8 Å². The van der Waals surface area contributed by atoms with E-state index in [4.69, 9.17) is 4.74 Å². The van der Waals surface area contributed by atoms with E-state index in [1.165, 1.54) is 32.1 Å². The molecule has 0 spiro atoms. The van der Waals surface area contributed by atoms with Crippen LogP contribution in [0.1, 0.15) is 46.0 Å². The Morgan fingerprint density at radius 1 is 1.25 bits per heavy atom. The van der Waals surface area contributed by atoms with Gasteiger partial charge in [-0.3, -0.25) is 0 Å². The van der Waals surface area contributed by atoms with E-state index in [1.807, 2.05) is 0 Å². The Morgan fingerprint density at radius 3 is 2.58 bits per heavy atom. The van der Waals surface area contributed by atoms with Crippen molar-refractivity contribution < 1.29 is 4.74 Å². The largest absolute Gasteiger partial charge is 0.381 e. The van der Waals surface area contributed by atoms with Gasteiger partial charge in [-0.2, -0.15) is 0 Å². The van der Waals surface area contributed by atoms with Gasteiger partial charge < -0.3 is 4.74 Å². The molecule has 0 heterocycles. The highest BCUT2D eigenvalue weighted by Gasteiger charge is 2.00. The maximum Gasteiger partial charge on any atom is 0.0491 e. The average Bonchev–Trinajstić information content (AvgIpc) is 2.09. The van der Waals surface area contributed by atoms with Gasteiger partial charge in [0, 0.05) is 13.2 Å². The van der Waals surface area contributed by atoms with Crippen LogP contribution < -0.4 is 0 Å². The Hall–Kier alpha value is -0.0400. The molecule has 0 amide bonds. The third kappa shape index (κ3) is 8.06. The normalized spacial score (nSPS) is 13.2. The SMILES string of the molecule is [CH2]COCC(C)CCCCCC. The minimum atomic E-state index is 0.610. The molecule has 0 aliphatic heterocycles. The van der Waals surface area contributed by atoms with E-state index in [0.717, 1.165) is 6.61 Å². The molecule has 1 radical (unpaired) electrons. The van der Waals surface area contributed by atoms with E-state index in [-0.39, 0.29) is 0 Å². The van der Waals surface area contributed by atoms with Crippen molar-refractivity contribution in [2.24, 2.45) is 5.92 Å². The van der Waals surface area contributed by atoms with Gasteiger partial charge in [0.05, 0.1) is 0 Å². The van der Waals surface area contributed by atoms with Crippen molar-refractivity contribution >= 4 is 0 Å². The number of hydrogen-bond donors (Lipinski definition) is 0. The van der Waals surface area contributed by atoms with E-state index in [9.17, 15) is 0 Å². The summed E-state index contributed by atoms with van der Waals surface area (Å²) in [6.45, 7) is 9.64. The van der Waals surface area contributed by atoms with Gasteiger partial charge >= 0.3 is 0 Å². The number of hydrogen-bond acceptors (Lipinski definition) is 1. The zero-order valence-corrected chi connectivity index (χ0v) is 8.64. The van der Waals surface area contributed by atoms with Crippen LogP contribution in [-0.2, 0) is 4.74 Å². The Balaban J connectivity index is 3.02. The molecule has 1 unspecified atom stereocenters. The second-order valence-electron chi connectivity index (χ2n) is 3.53. The Bertz CT molecular complexity index is 81.1. The predicted octanol–water partition coefficient (Wildman–Crippen LogP) is 3.44. The maximum absolute atomic E-state index is 5.24. The van der Waals surface area contributed by atoms with Crippen molar-refractivity contribution in [3.8, 4) is 0 Å². The van der Waals surface area contributed by atoms with E-state index >= 15 is 0 Å². The van der Waals surface area contributed by atoms with Gasteiger partial charge in [0.1, 0.15) is 0 Å². The molecule has 0 saturated carbocycles. The van der Waals surface area contributed by atoms with Gasteiger partial charge in [0.2, 0.25) is 0 Å². The molecular weight excluding hydrogens is 148 g/mol. The third-order valence-electron chi connectivity index (χ3n) is 2.10. The van der Waals surface area contributed by atoms with Gasteiger partial charge in [-0.05, 0) is 19.3 Å². The molecule has 1 atom stereocenters. The number of rotatable bonds is 8. The average molecular weight is 171 g/mol. The van der Waals surface area contributed by atoms with Crippen LogP contribution in [0.4, 0.5) is 0 Å². The summed E-state index contributed by atoms with van der Waals surface area (Å²) in [5, 5.41) is 0. The standard InChI is InChI=1S/C11H23O/c1-4-6-7-8-9-11(3)10-12-5-2/h11H,2,4-10H2,1,3H3. The van der Waals surface area contributed by atoms with Gasteiger partial charge in [0.15, 0.2) is 0 Å². The highest BCUT2D eigenvalue weighted by Crippen LogP contribution is 2.10. The molecule has 0 rings (SSSR count). The zero-order chi connectivity index (χ0) is 9.23. The smallest absolute Gasteiger partial charge is 0.0491 e. The molecular formula is C11H23O. The molecule has 1 nitrogen and oxygen atoms in total. The summed E-state index contributed by atoms with van der Waals surface area (Å²) in [5.41, 5.74) is 0. The van der Waals surface area contributed by atoms with Crippen molar-refractivity contribution in [1.82, 2.24) is 0 Å². The fourth-order valence-corrected chi connectivity index (χ4v) is 1.29. The Labute approximate surface area is 77.5 Å². The lowest BCUT2D eigenvalue weighted by molar-refractivity contribution is 0.123. The topological polar surface area (TPSA) is 9.23 Å². The minimum absolute atomic E-state index is 0.610. The van der Waals surface area contributed by atoms with Gasteiger partial charge in [-0.1, -0.05) is 39.5 Å². The first-order chi connectivity index (χ1) is 5.81. The van der Waals surface area contributed by atoms with Gasteiger partial charge in [-0.25, -0.2) is 0 Å². The summed E-state index contributed by atoms with van der Waals surface area (Å²) in [7, 11) is 0. The first-order valence-electron chi connectivity index (χ1n) is 5.18. The molecule has 73 valence electrons. The molecule has 0 aliphatic carbocycles. The van der Waals surface area contributed by atoms with Crippen molar-refractivity contribution in [2.45, 2.75) is 46.0 Å². The second-order valence-corrected chi connectivity index (χ2v) is 3.53. The van der Waals surface area contributed by atoms with Crippen molar-refractivity contribution in [2.75, 3.05) is 13.2 Å². The summed E-state index contributed by atoms with van der Waals surface area (Å²) in [5.74, 6) is 0.712. The Kier molecular flexibility index (Phi) is 9.02. The lowest BCUT2D eigenvalue weighted by Gasteiger charge is -2.10. The number of ether oxygens (including phenoxy) is 1. The number of unbranched alkanes of at least 4 members (excludes halogenated alkanes) is 3. The minimum Gasteiger partial charge on any atom is -0.381 e. The van der Waals surface area contributed by atoms with Gasteiger partial charge in [-0.15, -0.1) is 0 Å². The predicted molar refractivity (Wildman–Crippen MR) is 54.1 cm³/mol. The monoisotopic (exact) mass is 171 g/mol. The van der Waals surface area contributed by atoms with Crippen LogP contribution in [0.5, 0.6) is 0 Å². The van der Waals surface area contributed by atoms with Crippen LogP contribution in [0.15, 0.2) is 0 Å². The summed E-state index contributed by atoms with van der Waals surface area (Å²) in [6, 6.07) is 0. The fraction of sp³-hybridized carbons (Fsp3) is 0.909. The van der Waals surface area contributed by atoms with Crippen LogP contribution in [0.2, 0.25) is 0 Å². The Morgan fingerprint density at radius 2 is 2.00 bits per heavy atom. The molecule has 0 aromatic rings. The van der Waals surface area contributed by atoms with Crippen LogP contribution in [0.25, 0.3) is 0 Å². The van der Waals surface area contributed by atoms with E-state index < -0.39 is 0 Å². The van der Waals surface area contributed by atoms with Crippen molar-refractivity contribution in [1.29, 1.82) is 0 Å². The molecule has 1 heteroatoms. The summed E-state index contributed by atoms with van der Waals surface area (Å²) < 4.78 is 5.24. The first kappa shape index (κ1) is 12.0. The summed E-state index contributed by atoms with van der Waals surface area (Å²) in [6.07, 6.45) is 6.74. The van der Waals surface area contributed by atoms with Crippen molar-refractivity contribution in [3.05, 3.63) is 6.92 Å². The molecule has 0 aliphatic rings. The fourth-order valence-electron chi connectivity index (χ4n) is 1.29. The molecule has 0 N–H and O–H groups in total. The summed E-state index contributed by atoms with van der Waals surface area (Å²) >= 11 is 0. The maximum atomic E-state index is 5.24. The molecule has 12 heavy (non-hydrogen) atoms. The lowest BCUT2D eigenvalue weighted by Crippen LogP contribution is -2.05. The van der Waals surface area contributed by atoms with Crippen molar-refractivity contribution in [3.63, 3.8) is 0 Å². The molecule has 0 aromatic heterocycles.